The van der Waals surface area contributed by atoms with E-state index in [1.807, 2.05) is 0 Å². The van der Waals surface area contributed by atoms with E-state index in [1.54, 1.807) is 0 Å². The van der Waals surface area contributed by atoms with Crippen molar-refractivity contribution in [3.8, 4) is 0 Å². The molecule has 0 unspecified atom stereocenters. The highest BCUT2D eigenvalue weighted by atomic mass is 16.5. The number of hydrogen-bond donors (Lipinski definition) is 2. The summed E-state index contributed by atoms with van der Waals surface area (Å²) in [5, 5.41) is 11.9. The van der Waals surface area contributed by atoms with Crippen molar-refractivity contribution in [2.75, 3.05) is 32.9 Å². The third kappa shape index (κ3) is 13.9. The molecule has 0 aliphatic carbocycles. The summed E-state index contributed by atoms with van der Waals surface area (Å²) in [5.41, 5.74) is 0. The Kier molecular flexibility index (Phi) is 11.9. The van der Waals surface area contributed by atoms with Gasteiger partial charge in [-0.05, 0) is 38.1 Å². The van der Waals surface area contributed by atoms with Crippen LogP contribution in [0.4, 0.5) is 0 Å². The number of unbranched alkanes of at least 4 members (excludes halogenated alkanes) is 2. The second-order valence-corrected chi connectivity index (χ2v) is 4.33. The van der Waals surface area contributed by atoms with Gasteiger partial charge < -0.3 is 15.2 Å². The Morgan fingerprint density at radius 2 is 1.87 bits per heavy atom. The molecule has 0 heterocycles. The van der Waals surface area contributed by atoms with Crippen LogP contribution < -0.4 is 5.32 Å². The van der Waals surface area contributed by atoms with E-state index in [-0.39, 0.29) is 0 Å². The maximum atomic E-state index is 8.57. The van der Waals surface area contributed by atoms with Gasteiger partial charge in [0.05, 0.1) is 6.61 Å². The molecule has 0 aliphatic heterocycles. The minimum atomic E-state index is 0.318. The predicted molar refractivity (Wildman–Crippen MR) is 64.1 cm³/mol. The first kappa shape index (κ1) is 14.9. The van der Waals surface area contributed by atoms with Gasteiger partial charge in [-0.25, -0.2) is 0 Å². The zero-order chi connectivity index (χ0) is 11.4. The number of hydrogen-bond acceptors (Lipinski definition) is 3. The van der Waals surface area contributed by atoms with Gasteiger partial charge in [-0.1, -0.05) is 13.8 Å². The van der Waals surface area contributed by atoms with Crippen molar-refractivity contribution in [3.05, 3.63) is 0 Å². The Labute approximate surface area is 94.2 Å². The summed E-state index contributed by atoms with van der Waals surface area (Å²) in [6.45, 7) is 8.41. The first-order valence-corrected chi connectivity index (χ1v) is 6.16. The first-order valence-electron chi connectivity index (χ1n) is 6.16. The number of aliphatic hydroxyl groups is 1. The average molecular weight is 217 g/mol. The molecule has 0 amide bonds. The summed E-state index contributed by atoms with van der Waals surface area (Å²) in [7, 11) is 0. The summed E-state index contributed by atoms with van der Waals surface area (Å²) in [4.78, 5) is 0. The minimum Gasteiger partial charge on any atom is -0.396 e. The van der Waals surface area contributed by atoms with E-state index < -0.39 is 0 Å². The molecule has 0 aliphatic rings. The zero-order valence-electron chi connectivity index (χ0n) is 10.3. The summed E-state index contributed by atoms with van der Waals surface area (Å²) in [6.07, 6.45) is 4.33. The molecule has 0 aromatic heterocycles. The molecule has 3 nitrogen and oxygen atoms in total. The van der Waals surface area contributed by atoms with Gasteiger partial charge >= 0.3 is 0 Å². The molecule has 15 heavy (non-hydrogen) atoms. The fraction of sp³-hybridized carbons (Fsp3) is 1.00. The SMILES string of the molecule is CC(C)CCOCCNCCCCCO. The molecule has 2 N–H and O–H groups in total. The van der Waals surface area contributed by atoms with Crippen molar-refractivity contribution in [1.29, 1.82) is 0 Å². The first-order chi connectivity index (χ1) is 7.27. The Balaban J connectivity index is 2.87. The summed E-state index contributed by atoms with van der Waals surface area (Å²) in [5.74, 6) is 0.733. The van der Waals surface area contributed by atoms with Gasteiger partial charge in [-0.2, -0.15) is 0 Å². The second-order valence-electron chi connectivity index (χ2n) is 4.33. The number of nitrogens with one attached hydrogen (secondary N) is 1. The van der Waals surface area contributed by atoms with E-state index in [1.165, 1.54) is 0 Å². The van der Waals surface area contributed by atoms with Gasteiger partial charge in [-0.3, -0.25) is 0 Å². The van der Waals surface area contributed by atoms with Gasteiger partial charge in [0, 0.05) is 19.8 Å². The molecule has 0 aromatic rings. The van der Waals surface area contributed by atoms with E-state index in [9.17, 15) is 0 Å². The quantitative estimate of drug-likeness (QED) is 0.519. The molecule has 0 fully saturated rings. The Hall–Kier alpha value is -0.120. The van der Waals surface area contributed by atoms with Crippen molar-refractivity contribution in [1.82, 2.24) is 5.32 Å². The normalized spacial score (nSPS) is 11.2. The van der Waals surface area contributed by atoms with E-state index in [0.717, 1.165) is 57.9 Å². The molecule has 0 spiro atoms. The van der Waals surface area contributed by atoms with Crippen LogP contribution >= 0.6 is 0 Å². The number of aliphatic hydroxyl groups excluding tert-OH is 1. The van der Waals surface area contributed by atoms with Crippen LogP contribution in [0.1, 0.15) is 39.5 Å². The van der Waals surface area contributed by atoms with Crippen LogP contribution in [0.5, 0.6) is 0 Å². The fourth-order valence-corrected chi connectivity index (χ4v) is 1.23. The van der Waals surface area contributed by atoms with E-state index in [0.29, 0.717) is 6.61 Å². The summed E-state index contributed by atoms with van der Waals surface area (Å²) in [6, 6.07) is 0. The molecule has 0 radical (unpaired) electrons. The lowest BCUT2D eigenvalue weighted by molar-refractivity contribution is 0.125. The number of ether oxygens (including phenoxy) is 1. The molecule has 92 valence electrons. The Morgan fingerprint density at radius 3 is 2.53 bits per heavy atom. The second kappa shape index (κ2) is 12.0. The van der Waals surface area contributed by atoms with Crippen molar-refractivity contribution in [3.63, 3.8) is 0 Å². The maximum absolute atomic E-state index is 8.57. The molecule has 0 saturated carbocycles. The van der Waals surface area contributed by atoms with E-state index >= 15 is 0 Å². The fourth-order valence-electron chi connectivity index (χ4n) is 1.23. The average Bonchev–Trinajstić information content (AvgIpc) is 2.20. The lowest BCUT2D eigenvalue weighted by atomic mass is 10.1. The van der Waals surface area contributed by atoms with Crippen LogP contribution in [0, 0.1) is 5.92 Å². The summed E-state index contributed by atoms with van der Waals surface area (Å²) >= 11 is 0. The standard InChI is InChI=1S/C12H27NO2/c1-12(2)6-10-15-11-8-13-7-4-3-5-9-14/h12-14H,3-11H2,1-2H3. The highest BCUT2D eigenvalue weighted by Gasteiger charge is 1.93. The van der Waals surface area contributed by atoms with Crippen molar-refractivity contribution in [2.45, 2.75) is 39.5 Å². The molecule has 0 atom stereocenters. The Bertz CT molecular complexity index is 118. The van der Waals surface area contributed by atoms with Crippen LogP contribution in [0.15, 0.2) is 0 Å². The summed E-state index contributed by atoms with van der Waals surface area (Å²) < 4.78 is 5.47. The monoisotopic (exact) mass is 217 g/mol. The molecule has 0 rings (SSSR count). The zero-order valence-corrected chi connectivity index (χ0v) is 10.3. The van der Waals surface area contributed by atoms with Crippen LogP contribution in [0.25, 0.3) is 0 Å². The van der Waals surface area contributed by atoms with Crippen LogP contribution in [-0.2, 0) is 4.74 Å². The highest BCUT2D eigenvalue weighted by molar-refractivity contribution is 4.48. The third-order valence-corrected chi connectivity index (χ3v) is 2.27. The molecule has 0 aromatic carbocycles. The highest BCUT2D eigenvalue weighted by Crippen LogP contribution is 1.98. The topological polar surface area (TPSA) is 41.5 Å². The smallest absolute Gasteiger partial charge is 0.0590 e. The minimum absolute atomic E-state index is 0.318. The van der Waals surface area contributed by atoms with E-state index in [4.69, 9.17) is 9.84 Å². The van der Waals surface area contributed by atoms with Crippen LogP contribution in [-0.4, -0.2) is 38.0 Å². The molecule has 0 saturated heterocycles. The molecule has 0 bridgehead atoms. The molecule has 3 heteroatoms. The lowest BCUT2D eigenvalue weighted by Gasteiger charge is -2.07. The van der Waals surface area contributed by atoms with Crippen molar-refractivity contribution >= 4 is 0 Å². The van der Waals surface area contributed by atoms with Crippen molar-refractivity contribution < 1.29 is 9.84 Å². The van der Waals surface area contributed by atoms with E-state index in [2.05, 4.69) is 19.2 Å². The predicted octanol–water partition coefficient (Wildman–Crippen LogP) is 1.80. The lowest BCUT2D eigenvalue weighted by Crippen LogP contribution is -2.21. The van der Waals surface area contributed by atoms with Crippen LogP contribution in [0.3, 0.4) is 0 Å². The van der Waals surface area contributed by atoms with Gasteiger partial charge in [0.25, 0.3) is 0 Å². The maximum Gasteiger partial charge on any atom is 0.0590 e. The Morgan fingerprint density at radius 1 is 1.07 bits per heavy atom. The van der Waals surface area contributed by atoms with Gasteiger partial charge in [0.15, 0.2) is 0 Å². The van der Waals surface area contributed by atoms with Crippen molar-refractivity contribution in [2.24, 2.45) is 5.92 Å². The molecular weight excluding hydrogens is 190 g/mol. The van der Waals surface area contributed by atoms with Gasteiger partial charge in [0.1, 0.15) is 0 Å². The van der Waals surface area contributed by atoms with Gasteiger partial charge in [0.2, 0.25) is 0 Å². The largest absolute Gasteiger partial charge is 0.396 e. The van der Waals surface area contributed by atoms with Crippen LogP contribution in [0.2, 0.25) is 0 Å². The number of rotatable bonds is 11. The van der Waals surface area contributed by atoms with Gasteiger partial charge in [-0.15, -0.1) is 0 Å². The third-order valence-electron chi connectivity index (χ3n) is 2.27. The molecular formula is C12H27NO2.